The van der Waals surface area contributed by atoms with E-state index in [0.29, 0.717) is 17.4 Å². The van der Waals surface area contributed by atoms with Gasteiger partial charge in [0.1, 0.15) is 11.6 Å². The van der Waals surface area contributed by atoms with Crippen LogP contribution in [0, 0.1) is 0 Å². The molecule has 17 heavy (non-hydrogen) atoms. The minimum Gasteiger partial charge on any atom is -0.480 e. The predicted octanol–water partition coefficient (Wildman–Crippen LogP) is 0.652. The number of methoxy groups -OCH3 is 1. The zero-order valence-corrected chi connectivity index (χ0v) is 9.90. The molecule has 0 aliphatic carbocycles. The third-order valence-corrected chi connectivity index (χ3v) is 1.95. The van der Waals surface area contributed by atoms with Crippen LogP contribution in [0.5, 0.6) is 6.01 Å². The van der Waals surface area contributed by atoms with Crippen molar-refractivity contribution in [2.75, 3.05) is 32.2 Å². The third kappa shape index (κ3) is 4.83. The lowest BCUT2D eigenvalue weighted by Gasteiger charge is -2.07. The summed E-state index contributed by atoms with van der Waals surface area (Å²) in [5.41, 5.74) is 0. The first-order chi connectivity index (χ1) is 8.13. The van der Waals surface area contributed by atoms with Gasteiger partial charge in [0.15, 0.2) is 5.82 Å². The fourth-order valence-corrected chi connectivity index (χ4v) is 1.13. The number of hydrogen-bond donors (Lipinski definition) is 2. The number of aliphatic carboxylic acids is 1. The number of hydrogen-bond acceptors (Lipinski definition) is 6. The molecule has 0 atom stereocenters. The van der Waals surface area contributed by atoms with E-state index < -0.39 is 5.97 Å². The average Bonchev–Trinajstić information content (AvgIpc) is 2.30. The second-order valence-corrected chi connectivity index (χ2v) is 3.33. The predicted molar refractivity (Wildman–Crippen MR) is 60.5 cm³/mol. The first-order valence-corrected chi connectivity index (χ1v) is 5.11. The van der Waals surface area contributed by atoms with Gasteiger partial charge >= 0.3 is 12.0 Å². The first-order valence-electron chi connectivity index (χ1n) is 4.73. The molecule has 0 saturated carbocycles. The topological polar surface area (TPSA) is 93.6 Å². The maximum atomic E-state index is 10.2. The molecule has 0 aliphatic rings. The van der Waals surface area contributed by atoms with Crippen LogP contribution in [-0.4, -0.2) is 47.9 Å². The lowest BCUT2D eigenvalue weighted by molar-refractivity contribution is -0.142. The smallest absolute Gasteiger partial charge is 0.329 e. The summed E-state index contributed by atoms with van der Waals surface area (Å²) < 4.78 is 9.67. The molecule has 0 unspecified atom stereocenters. The second-order valence-electron chi connectivity index (χ2n) is 2.93. The summed E-state index contributed by atoms with van der Waals surface area (Å²) in [7, 11) is 1.45. The van der Waals surface area contributed by atoms with Crippen LogP contribution < -0.4 is 10.1 Å². The van der Waals surface area contributed by atoms with E-state index in [-0.39, 0.29) is 19.2 Å². The molecule has 8 heteroatoms. The molecule has 0 fully saturated rings. The number of anilines is 1. The Morgan fingerprint density at radius 1 is 1.65 bits per heavy atom. The number of nitrogens with one attached hydrogen (secondary N) is 1. The zero-order chi connectivity index (χ0) is 12.7. The maximum absolute atomic E-state index is 10.2. The van der Waals surface area contributed by atoms with Crippen LogP contribution in [0.3, 0.4) is 0 Å². The quantitative estimate of drug-likeness (QED) is 0.696. The molecule has 7 nitrogen and oxygen atoms in total. The van der Waals surface area contributed by atoms with Crippen molar-refractivity contribution in [3.63, 3.8) is 0 Å². The Labute approximate surface area is 103 Å². The Balaban J connectivity index is 2.38. The lowest BCUT2D eigenvalue weighted by atomic mass is 10.5. The van der Waals surface area contributed by atoms with E-state index in [4.69, 9.17) is 26.2 Å². The van der Waals surface area contributed by atoms with Gasteiger partial charge in [0.2, 0.25) is 0 Å². The van der Waals surface area contributed by atoms with Crippen molar-refractivity contribution in [1.29, 1.82) is 0 Å². The summed E-state index contributed by atoms with van der Waals surface area (Å²) in [4.78, 5) is 18.0. The zero-order valence-electron chi connectivity index (χ0n) is 9.14. The van der Waals surface area contributed by atoms with E-state index in [1.54, 1.807) is 0 Å². The lowest BCUT2D eigenvalue weighted by Crippen LogP contribution is -2.15. The number of carbonyl (C=O) groups is 1. The minimum atomic E-state index is -1.01. The van der Waals surface area contributed by atoms with Crippen molar-refractivity contribution in [2.24, 2.45) is 0 Å². The fourth-order valence-electron chi connectivity index (χ4n) is 0.974. The van der Waals surface area contributed by atoms with Crippen molar-refractivity contribution in [3.05, 3.63) is 11.2 Å². The summed E-state index contributed by atoms with van der Waals surface area (Å²) in [5.74, 6) is -0.593. The number of rotatable bonds is 7. The molecule has 0 amide bonds. The van der Waals surface area contributed by atoms with Crippen molar-refractivity contribution >= 4 is 23.4 Å². The highest BCUT2D eigenvalue weighted by Gasteiger charge is 2.05. The maximum Gasteiger partial charge on any atom is 0.329 e. The Morgan fingerprint density at radius 3 is 3.06 bits per heavy atom. The minimum absolute atomic E-state index is 0.198. The molecule has 1 rings (SSSR count). The first kappa shape index (κ1) is 13.5. The molecule has 0 aromatic carbocycles. The molecule has 0 bridgehead atoms. The molecule has 1 heterocycles. The van der Waals surface area contributed by atoms with E-state index in [0.717, 1.165) is 0 Å². The van der Waals surface area contributed by atoms with Crippen LogP contribution in [0.25, 0.3) is 0 Å². The molecule has 1 aromatic heterocycles. The molecule has 0 saturated heterocycles. The highest BCUT2D eigenvalue weighted by molar-refractivity contribution is 6.32. The van der Waals surface area contributed by atoms with E-state index in [2.05, 4.69) is 15.3 Å². The molecule has 0 spiro atoms. The van der Waals surface area contributed by atoms with Crippen molar-refractivity contribution in [2.45, 2.75) is 0 Å². The standard InChI is InChI=1S/C9H12ClN3O4/c1-16-9-12-4-6(10)8(13-9)11-2-3-17-5-7(14)15/h4H,2-3,5H2,1H3,(H,14,15)(H,11,12,13). The Hall–Kier alpha value is -1.60. The van der Waals surface area contributed by atoms with Gasteiger partial charge in [-0.05, 0) is 0 Å². The molecule has 2 N–H and O–H groups in total. The normalized spacial score (nSPS) is 10.0. The summed E-state index contributed by atoms with van der Waals surface area (Å²) in [6, 6.07) is 0.198. The summed E-state index contributed by atoms with van der Waals surface area (Å²) in [5, 5.41) is 11.6. The number of carboxylic acids is 1. The molecular formula is C9H12ClN3O4. The van der Waals surface area contributed by atoms with Gasteiger partial charge in [-0.2, -0.15) is 4.98 Å². The van der Waals surface area contributed by atoms with Crippen LogP contribution in [-0.2, 0) is 9.53 Å². The average molecular weight is 262 g/mol. The van der Waals surface area contributed by atoms with Gasteiger partial charge in [0.05, 0.1) is 19.9 Å². The van der Waals surface area contributed by atoms with E-state index >= 15 is 0 Å². The van der Waals surface area contributed by atoms with Gasteiger partial charge in [-0.25, -0.2) is 9.78 Å². The van der Waals surface area contributed by atoms with Crippen LogP contribution in [0.1, 0.15) is 0 Å². The van der Waals surface area contributed by atoms with Crippen LogP contribution >= 0.6 is 11.6 Å². The number of aromatic nitrogens is 2. The highest BCUT2D eigenvalue weighted by atomic mass is 35.5. The molecule has 0 radical (unpaired) electrons. The van der Waals surface area contributed by atoms with Crippen molar-refractivity contribution < 1.29 is 19.4 Å². The van der Waals surface area contributed by atoms with Crippen LogP contribution in [0.4, 0.5) is 5.82 Å². The van der Waals surface area contributed by atoms with Gasteiger partial charge in [0.25, 0.3) is 0 Å². The molecule has 0 aliphatic heterocycles. The number of halogens is 1. The largest absolute Gasteiger partial charge is 0.480 e. The second kappa shape index (κ2) is 6.87. The highest BCUT2D eigenvalue weighted by Crippen LogP contribution is 2.19. The Morgan fingerprint density at radius 2 is 2.41 bits per heavy atom. The monoisotopic (exact) mass is 261 g/mol. The number of nitrogens with zero attached hydrogens (tertiary/aromatic N) is 2. The number of carboxylic acid groups (broad SMARTS) is 1. The Kier molecular flexibility index (Phi) is 5.44. The van der Waals surface area contributed by atoms with Gasteiger partial charge < -0.3 is 19.9 Å². The molecular weight excluding hydrogens is 250 g/mol. The molecule has 1 aromatic rings. The van der Waals surface area contributed by atoms with Gasteiger partial charge in [0, 0.05) is 6.54 Å². The van der Waals surface area contributed by atoms with Crippen LogP contribution in [0.15, 0.2) is 6.20 Å². The van der Waals surface area contributed by atoms with E-state index in [9.17, 15) is 4.79 Å². The fraction of sp³-hybridized carbons (Fsp3) is 0.444. The summed E-state index contributed by atoms with van der Waals surface area (Å²) in [6.07, 6.45) is 1.41. The van der Waals surface area contributed by atoms with Gasteiger partial charge in [-0.3, -0.25) is 0 Å². The SMILES string of the molecule is COc1ncc(Cl)c(NCCOCC(=O)O)n1. The van der Waals surface area contributed by atoms with E-state index in [1.165, 1.54) is 13.3 Å². The third-order valence-electron chi connectivity index (χ3n) is 1.67. The van der Waals surface area contributed by atoms with Crippen LogP contribution in [0.2, 0.25) is 5.02 Å². The Bertz CT molecular complexity index is 389. The van der Waals surface area contributed by atoms with Gasteiger partial charge in [-0.15, -0.1) is 0 Å². The molecule has 94 valence electrons. The number of ether oxygens (including phenoxy) is 2. The van der Waals surface area contributed by atoms with Crippen molar-refractivity contribution in [1.82, 2.24) is 9.97 Å². The summed E-state index contributed by atoms with van der Waals surface area (Å²) >= 11 is 5.84. The van der Waals surface area contributed by atoms with Crippen molar-refractivity contribution in [3.8, 4) is 6.01 Å². The van der Waals surface area contributed by atoms with Gasteiger partial charge in [-0.1, -0.05) is 11.6 Å². The summed E-state index contributed by atoms with van der Waals surface area (Å²) in [6.45, 7) is 0.282. The van der Waals surface area contributed by atoms with E-state index in [1.807, 2.05) is 0 Å².